The van der Waals surface area contributed by atoms with E-state index in [1.165, 1.54) is 16.7 Å². The SMILES string of the molecule is O=C(COc1ccc(/C=C2\SC(=S)N(c3ccc(Cl)c(Cl)c3)C2=O)cc1)Nc1ccc(Cl)cc1. The van der Waals surface area contributed by atoms with Gasteiger partial charge >= 0.3 is 0 Å². The molecule has 3 aromatic carbocycles. The first-order chi connectivity index (χ1) is 16.3. The van der Waals surface area contributed by atoms with Crippen molar-refractivity contribution in [2.24, 2.45) is 0 Å². The van der Waals surface area contributed by atoms with E-state index in [0.29, 0.717) is 41.4 Å². The van der Waals surface area contributed by atoms with Crippen molar-refractivity contribution in [3.63, 3.8) is 0 Å². The highest BCUT2D eigenvalue weighted by atomic mass is 35.5. The largest absolute Gasteiger partial charge is 0.484 e. The molecule has 4 rings (SSSR count). The number of carbonyl (C=O) groups is 2. The molecule has 0 aromatic heterocycles. The van der Waals surface area contributed by atoms with Gasteiger partial charge in [-0.1, -0.05) is 70.9 Å². The lowest BCUT2D eigenvalue weighted by atomic mass is 10.2. The van der Waals surface area contributed by atoms with Crippen LogP contribution in [0.1, 0.15) is 5.56 Å². The Hall–Kier alpha value is -2.55. The van der Waals surface area contributed by atoms with E-state index in [-0.39, 0.29) is 18.4 Å². The monoisotopic (exact) mass is 548 g/mol. The standard InChI is InChI=1S/C24H15Cl3N2O3S2/c25-15-3-5-16(6-4-15)28-22(30)13-32-18-8-1-14(2-9-18)11-21-23(31)29(24(33)34-21)17-7-10-19(26)20(27)12-17/h1-12H,13H2,(H,28,30)/b21-11-. The Bertz CT molecular complexity index is 1300. The van der Waals surface area contributed by atoms with Gasteiger partial charge in [0.15, 0.2) is 10.9 Å². The molecule has 0 bridgehead atoms. The molecular formula is C24H15Cl3N2O3S2. The number of ether oxygens (including phenoxy) is 1. The lowest BCUT2D eigenvalue weighted by molar-refractivity contribution is -0.118. The number of amides is 2. The number of nitrogens with zero attached hydrogens (tertiary/aromatic N) is 1. The van der Waals surface area contributed by atoms with E-state index in [1.807, 2.05) is 0 Å². The minimum absolute atomic E-state index is 0.149. The average molecular weight is 550 g/mol. The summed E-state index contributed by atoms with van der Waals surface area (Å²) >= 11 is 24.5. The third-order valence-corrected chi connectivity index (χ3v) is 6.92. The van der Waals surface area contributed by atoms with Crippen molar-refractivity contribution in [3.05, 3.63) is 92.3 Å². The van der Waals surface area contributed by atoms with E-state index in [2.05, 4.69) is 5.32 Å². The second-order valence-corrected chi connectivity index (χ2v) is 9.95. The molecule has 172 valence electrons. The Labute approximate surface area is 220 Å². The van der Waals surface area contributed by atoms with Crippen molar-refractivity contribution in [3.8, 4) is 5.75 Å². The first-order valence-corrected chi connectivity index (χ1v) is 12.2. The number of anilines is 2. The molecule has 3 aromatic rings. The van der Waals surface area contributed by atoms with E-state index in [0.717, 1.165) is 5.56 Å². The molecule has 1 aliphatic heterocycles. The summed E-state index contributed by atoms with van der Waals surface area (Å²) in [5.41, 5.74) is 1.97. The van der Waals surface area contributed by atoms with Gasteiger partial charge in [0.1, 0.15) is 5.75 Å². The van der Waals surface area contributed by atoms with Gasteiger partial charge in [-0.3, -0.25) is 14.5 Å². The zero-order chi connectivity index (χ0) is 24.2. The number of hydrogen-bond donors (Lipinski definition) is 1. The lowest BCUT2D eigenvalue weighted by Crippen LogP contribution is -2.27. The number of carbonyl (C=O) groups excluding carboxylic acids is 2. The zero-order valence-corrected chi connectivity index (χ0v) is 21.2. The zero-order valence-electron chi connectivity index (χ0n) is 17.3. The van der Waals surface area contributed by atoms with Crippen LogP contribution in [0.3, 0.4) is 0 Å². The second kappa shape index (κ2) is 10.8. The van der Waals surface area contributed by atoms with Crippen LogP contribution in [0.5, 0.6) is 5.75 Å². The molecule has 1 aliphatic rings. The van der Waals surface area contributed by atoms with Crippen LogP contribution in [-0.2, 0) is 9.59 Å². The topological polar surface area (TPSA) is 58.6 Å². The number of thiocarbonyl (C=S) groups is 1. The van der Waals surface area contributed by atoms with Gasteiger partial charge in [-0.2, -0.15) is 0 Å². The van der Waals surface area contributed by atoms with Crippen LogP contribution in [0.25, 0.3) is 6.08 Å². The van der Waals surface area contributed by atoms with E-state index < -0.39 is 0 Å². The van der Waals surface area contributed by atoms with Crippen LogP contribution < -0.4 is 15.0 Å². The molecule has 5 nitrogen and oxygen atoms in total. The Balaban J connectivity index is 1.38. The fourth-order valence-electron chi connectivity index (χ4n) is 3.01. The quantitative estimate of drug-likeness (QED) is 0.263. The van der Waals surface area contributed by atoms with Gasteiger partial charge in [0, 0.05) is 10.7 Å². The van der Waals surface area contributed by atoms with Crippen LogP contribution in [0, 0.1) is 0 Å². The van der Waals surface area contributed by atoms with Gasteiger partial charge < -0.3 is 10.1 Å². The Kier molecular flexibility index (Phi) is 7.80. The Morgan fingerprint density at radius 1 is 1.00 bits per heavy atom. The summed E-state index contributed by atoms with van der Waals surface area (Å²) in [6.45, 7) is -0.149. The van der Waals surface area contributed by atoms with Crippen molar-refractivity contribution >= 4 is 92.4 Å². The second-order valence-electron chi connectivity index (χ2n) is 7.03. The average Bonchev–Trinajstić information content (AvgIpc) is 3.09. The predicted octanol–water partition coefficient (Wildman–Crippen LogP) is 7.07. The molecule has 1 heterocycles. The molecule has 0 radical (unpaired) electrons. The highest BCUT2D eigenvalue weighted by Crippen LogP contribution is 2.38. The van der Waals surface area contributed by atoms with Crippen LogP contribution in [0.4, 0.5) is 11.4 Å². The van der Waals surface area contributed by atoms with Gasteiger partial charge in [0.25, 0.3) is 11.8 Å². The highest BCUT2D eigenvalue weighted by molar-refractivity contribution is 8.27. The number of benzene rings is 3. The fourth-order valence-corrected chi connectivity index (χ4v) is 4.72. The molecule has 1 fully saturated rings. The minimum atomic E-state index is -0.294. The van der Waals surface area contributed by atoms with Crippen LogP contribution in [0.15, 0.2) is 71.6 Å². The van der Waals surface area contributed by atoms with Crippen molar-refractivity contribution in [1.82, 2.24) is 0 Å². The summed E-state index contributed by atoms with van der Waals surface area (Å²) in [5, 5.41) is 4.06. The van der Waals surface area contributed by atoms with E-state index >= 15 is 0 Å². The van der Waals surface area contributed by atoms with E-state index in [1.54, 1.807) is 72.8 Å². The van der Waals surface area contributed by atoms with Crippen LogP contribution in [-0.4, -0.2) is 22.7 Å². The van der Waals surface area contributed by atoms with Crippen molar-refractivity contribution in [1.29, 1.82) is 0 Å². The third kappa shape index (κ3) is 5.92. The molecule has 34 heavy (non-hydrogen) atoms. The molecule has 1 saturated heterocycles. The number of rotatable bonds is 6. The summed E-state index contributed by atoms with van der Waals surface area (Å²) in [5.74, 6) is -0.0169. The molecule has 2 amide bonds. The van der Waals surface area contributed by atoms with E-state index in [9.17, 15) is 9.59 Å². The summed E-state index contributed by atoms with van der Waals surface area (Å²) in [6.07, 6.45) is 1.74. The molecule has 0 atom stereocenters. The van der Waals surface area contributed by atoms with Crippen molar-refractivity contribution in [2.45, 2.75) is 0 Å². The van der Waals surface area contributed by atoms with Gasteiger partial charge in [-0.15, -0.1) is 0 Å². The molecule has 0 spiro atoms. The molecular weight excluding hydrogens is 535 g/mol. The predicted molar refractivity (Wildman–Crippen MR) is 144 cm³/mol. The number of halogens is 3. The normalized spacial score (nSPS) is 14.6. The summed E-state index contributed by atoms with van der Waals surface area (Å²) < 4.78 is 5.94. The van der Waals surface area contributed by atoms with Crippen molar-refractivity contribution < 1.29 is 14.3 Å². The number of nitrogens with one attached hydrogen (secondary N) is 1. The summed E-state index contributed by atoms with van der Waals surface area (Å²) in [6, 6.07) is 18.7. The summed E-state index contributed by atoms with van der Waals surface area (Å²) in [4.78, 5) is 26.9. The number of hydrogen-bond acceptors (Lipinski definition) is 5. The third-order valence-electron chi connectivity index (χ3n) is 4.63. The summed E-state index contributed by atoms with van der Waals surface area (Å²) in [7, 11) is 0. The van der Waals surface area contributed by atoms with Gasteiger partial charge in [0.2, 0.25) is 0 Å². The Morgan fingerprint density at radius 2 is 1.71 bits per heavy atom. The first-order valence-electron chi connectivity index (χ1n) is 9.81. The Morgan fingerprint density at radius 3 is 2.38 bits per heavy atom. The maximum atomic E-state index is 12.9. The molecule has 0 saturated carbocycles. The first kappa shape index (κ1) is 24.6. The molecule has 1 N–H and O–H groups in total. The van der Waals surface area contributed by atoms with Gasteiger partial charge in [-0.05, 0) is 66.2 Å². The molecule has 0 unspecified atom stereocenters. The smallest absolute Gasteiger partial charge is 0.270 e. The minimum Gasteiger partial charge on any atom is -0.484 e. The maximum absolute atomic E-state index is 12.9. The van der Waals surface area contributed by atoms with Crippen LogP contribution >= 0.6 is 58.8 Å². The highest BCUT2D eigenvalue weighted by Gasteiger charge is 2.33. The lowest BCUT2D eigenvalue weighted by Gasteiger charge is -2.15. The van der Waals surface area contributed by atoms with Gasteiger partial charge in [-0.25, -0.2) is 0 Å². The number of thioether (sulfide) groups is 1. The van der Waals surface area contributed by atoms with E-state index in [4.69, 9.17) is 51.8 Å². The van der Waals surface area contributed by atoms with Gasteiger partial charge in [0.05, 0.1) is 20.6 Å². The molecule has 0 aliphatic carbocycles. The maximum Gasteiger partial charge on any atom is 0.270 e. The van der Waals surface area contributed by atoms with Crippen LogP contribution in [0.2, 0.25) is 15.1 Å². The fraction of sp³-hybridized carbons (Fsp3) is 0.0417. The molecule has 10 heteroatoms. The van der Waals surface area contributed by atoms with Crippen molar-refractivity contribution in [2.75, 3.05) is 16.8 Å².